The summed E-state index contributed by atoms with van der Waals surface area (Å²) in [5.41, 5.74) is 0.251. The summed E-state index contributed by atoms with van der Waals surface area (Å²) >= 11 is 0. The fourth-order valence-electron chi connectivity index (χ4n) is 1.51. The van der Waals surface area contributed by atoms with Gasteiger partial charge in [0.15, 0.2) is 0 Å². The fraction of sp³-hybridized carbons (Fsp3) is 0.143. The summed E-state index contributed by atoms with van der Waals surface area (Å²) < 4.78 is 0. The molecule has 0 unspecified atom stereocenters. The molecule has 0 aromatic heterocycles. The van der Waals surface area contributed by atoms with Gasteiger partial charge in [-0.15, -0.1) is 0 Å². The smallest absolute Gasteiger partial charge is 0.271 e. The Morgan fingerprint density at radius 1 is 1.05 bits per heavy atom. The molecule has 0 atom stereocenters. The largest absolute Gasteiger partial charge is 0.321 e. The van der Waals surface area contributed by atoms with Crippen molar-refractivity contribution < 1.29 is 14.5 Å². The topological polar surface area (TPSA) is 101 Å². The summed E-state index contributed by atoms with van der Waals surface area (Å²) in [5.74, 6) is -0.840. The van der Waals surface area contributed by atoms with Gasteiger partial charge in [-0.25, -0.2) is 0 Å². The number of nitrogens with one attached hydrogen (secondary N) is 2. The van der Waals surface area contributed by atoms with Crippen LogP contribution in [0, 0.1) is 10.1 Å². The number of anilines is 2. The van der Waals surface area contributed by atoms with Gasteiger partial charge < -0.3 is 10.6 Å². The van der Waals surface area contributed by atoms with Gasteiger partial charge in [-0.3, -0.25) is 19.7 Å². The van der Waals surface area contributed by atoms with Crippen LogP contribution in [0.25, 0.3) is 0 Å². The van der Waals surface area contributed by atoms with Crippen LogP contribution in [0.3, 0.4) is 0 Å². The average Bonchev–Trinajstić information content (AvgIpc) is 2.41. The molecule has 21 heavy (non-hydrogen) atoms. The van der Waals surface area contributed by atoms with Crippen molar-refractivity contribution in [2.75, 3.05) is 10.6 Å². The molecule has 0 bridgehead atoms. The van der Waals surface area contributed by atoms with Crippen LogP contribution in [0.2, 0.25) is 0 Å². The summed E-state index contributed by atoms with van der Waals surface area (Å²) in [6, 6.07) is 3.80. The number of nitro groups is 1. The van der Waals surface area contributed by atoms with Crippen molar-refractivity contribution in [3.63, 3.8) is 0 Å². The van der Waals surface area contributed by atoms with Gasteiger partial charge >= 0.3 is 0 Å². The Kier molecular flexibility index (Phi) is 5.81. The molecule has 1 aromatic rings. The van der Waals surface area contributed by atoms with E-state index in [9.17, 15) is 19.7 Å². The van der Waals surface area contributed by atoms with Gasteiger partial charge in [0.2, 0.25) is 11.8 Å². The fourth-order valence-corrected chi connectivity index (χ4v) is 1.51. The van der Waals surface area contributed by atoms with Gasteiger partial charge in [-0.05, 0) is 32.1 Å². The molecule has 7 heteroatoms. The molecule has 2 amide bonds. The Labute approximate surface area is 121 Å². The molecular formula is C14H15N3O4. The summed E-state index contributed by atoms with van der Waals surface area (Å²) in [7, 11) is 0. The van der Waals surface area contributed by atoms with Gasteiger partial charge in [0, 0.05) is 12.1 Å². The third kappa shape index (κ3) is 4.90. The molecule has 2 N–H and O–H groups in total. The van der Waals surface area contributed by atoms with E-state index in [4.69, 9.17) is 0 Å². The lowest BCUT2D eigenvalue weighted by atomic mass is 10.2. The summed E-state index contributed by atoms with van der Waals surface area (Å²) in [6.07, 6.45) is 5.67. The van der Waals surface area contributed by atoms with E-state index < -0.39 is 16.7 Å². The van der Waals surface area contributed by atoms with Crippen LogP contribution in [0.15, 0.2) is 42.5 Å². The van der Waals surface area contributed by atoms with E-state index in [1.54, 1.807) is 19.9 Å². The van der Waals surface area contributed by atoms with Gasteiger partial charge in [-0.2, -0.15) is 0 Å². The van der Waals surface area contributed by atoms with Crippen molar-refractivity contribution >= 4 is 28.9 Å². The lowest BCUT2D eigenvalue weighted by Crippen LogP contribution is -2.14. The SMILES string of the molecule is C/C=C\C(=O)Nc1ccc([N+](=O)[O-])cc1NC(=O)/C=C/C. The quantitative estimate of drug-likeness (QED) is 0.494. The number of non-ortho nitro benzene ring substituents is 1. The minimum absolute atomic E-state index is 0.158. The van der Waals surface area contributed by atoms with Crippen LogP contribution in [0.1, 0.15) is 13.8 Å². The van der Waals surface area contributed by atoms with Gasteiger partial charge in [0.05, 0.1) is 16.3 Å². The number of allylic oxidation sites excluding steroid dienone is 2. The van der Waals surface area contributed by atoms with Crippen LogP contribution in [-0.4, -0.2) is 16.7 Å². The second kappa shape index (κ2) is 7.59. The highest BCUT2D eigenvalue weighted by Gasteiger charge is 2.13. The third-order valence-electron chi connectivity index (χ3n) is 2.37. The summed E-state index contributed by atoms with van der Waals surface area (Å²) in [4.78, 5) is 33.3. The maximum atomic E-state index is 11.6. The minimum atomic E-state index is -0.580. The van der Waals surface area contributed by atoms with Gasteiger partial charge in [-0.1, -0.05) is 12.2 Å². The molecule has 0 saturated carbocycles. The first-order valence-corrected chi connectivity index (χ1v) is 6.13. The molecule has 0 aliphatic rings. The number of hydrogen-bond acceptors (Lipinski definition) is 4. The molecule has 0 radical (unpaired) electrons. The van der Waals surface area contributed by atoms with E-state index in [1.807, 2.05) is 0 Å². The van der Waals surface area contributed by atoms with E-state index in [0.717, 1.165) is 0 Å². The Morgan fingerprint density at radius 3 is 2.05 bits per heavy atom. The number of nitro benzene ring substituents is 1. The number of carbonyl (C=O) groups is 2. The number of rotatable bonds is 5. The van der Waals surface area contributed by atoms with Crippen LogP contribution in [0.4, 0.5) is 17.1 Å². The van der Waals surface area contributed by atoms with Crippen LogP contribution < -0.4 is 10.6 Å². The summed E-state index contributed by atoms with van der Waals surface area (Å²) in [6.45, 7) is 3.35. The van der Waals surface area contributed by atoms with Gasteiger partial charge in [0.1, 0.15) is 0 Å². The maximum Gasteiger partial charge on any atom is 0.271 e. The number of benzene rings is 1. The van der Waals surface area contributed by atoms with Crippen molar-refractivity contribution in [1.29, 1.82) is 0 Å². The second-order valence-electron chi connectivity index (χ2n) is 3.97. The Morgan fingerprint density at radius 2 is 1.57 bits per heavy atom. The van der Waals surface area contributed by atoms with Crippen molar-refractivity contribution in [3.05, 3.63) is 52.6 Å². The highest BCUT2D eigenvalue weighted by molar-refractivity contribution is 6.06. The van der Waals surface area contributed by atoms with E-state index >= 15 is 0 Å². The molecule has 0 fully saturated rings. The molecule has 0 heterocycles. The van der Waals surface area contributed by atoms with E-state index in [-0.39, 0.29) is 17.1 Å². The Hall–Kier alpha value is -2.96. The minimum Gasteiger partial charge on any atom is -0.321 e. The number of hydrogen-bond donors (Lipinski definition) is 2. The van der Waals surface area contributed by atoms with Crippen molar-refractivity contribution in [1.82, 2.24) is 0 Å². The Bertz CT molecular complexity index is 621. The average molecular weight is 289 g/mol. The Balaban J connectivity index is 3.13. The van der Waals surface area contributed by atoms with Crippen LogP contribution in [-0.2, 0) is 9.59 Å². The van der Waals surface area contributed by atoms with E-state index in [1.165, 1.54) is 36.4 Å². The number of carbonyl (C=O) groups excluding carboxylic acids is 2. The molecule has 1 aromatic carbocycles. The predicted molar refractivity (Wildman–Crippen MR) is 80.0 cm³/mol. The van der Waals surface area contributed by atoms with Crippen molar-refractivity contribution in [2.24, 2.45) is 0 Å². The van der Waals surface area contributed by atoms with Crippen molar-refractivity contribution in [3.8, 4) is 0 Å². The molecule has 0 aliphatic heterocycles. The highest BCUT2D eigenvalue weighted by Crippen LogP contribution is 2.27. The summed E-state index contributed by atoms with van der Waals surface area (Å²) in [5, 5.41) is 15.8. The van der Waals surface area contributed by atoms with Crippen molar-refractivity contribution in [2.45, 2.75) is 13.8 Å². The zero-order valence-corrected chi connectivity index (χ0v) is 11.6. The molecule has 0 spiro atoms. The van der Waals surface area contributed by atoms with E-state index in [0.29, 0.717) is 0 Å². The monoisotopic (exact) mass is 289 g/mol. The maximum absolute atomic E-state index is 11.6. The first-order valence-electron chi connectivity index (χ1n) is 6.13. The zero-order valence-electron chi connectivity index (χ0n) is 11.6. The molecule has 1 rings (SSSR count). The lowest BCUT2D eigenvalue weighted by Gasteiger charge is -2.10. The molecule has 0 aliphatic carbocycles. The number of nitrogens with zero attached hydrogens (tertiary/aromatic N) is 1. The lowest BCUT2D eigenvalue weighted by molar-refractivity contribution is -0.384. The molecule has 7 nitrogen and oxygen atoms in total. The highest BCUT2D eigenvalue weighted by atomic mass is 16.6. The first-order chi connectivity index (χ1) is 9.97. The number of amides is 2. The third-order valence-corrected chi connectivity index (χ3v) is 2.37. The van der Waals surface area contributed by atoms with E-state index in [2.05, 4.69) is 10.6 Å². The first kappa shape index (κ1) is 16.1. The molecular weight excluding hydrogens is 274 g/mol. The normalized spacial score (nSPS) is 10.8. The zero-order chi connectivity index (χ0) is 15.8. The van der Waals surface area contributed by atoms with Crippen LogP contribution >= 0.6 is 0 Å². The van der Waals surface area contributed by atoms with Gasteiger partial charge in [0.25, 0.3) is 5.69 Å². The standard InChI is InChI=1S/C14H15N3O4/c1-3-5-13(18)15-11-8-7-10(17(20)21)9-12(11)16-14(19)6-4-2/h3-9H,1-2H3,(H,15,18)(H,16,19)/b5-3-,6-4+. The predicted octanol–water partition coefficient (Wildman–Crippen LogP) is 2.62. The van der Waals surface area contributed by atoms with Crippen LogP contribution in [0.5, 0.6) is 0 Å². The molecule has 0 saturated heterocycles. The molecule has 110 valence electrons. The second-order valence-corrected chi connectivity index (χ2v) is 3.97.